The Morgan fingerprint density at radius 3 is 2.81 bits per heavy atom. The van der Waals surface area contributed by atoms with Gasteiger partial charge in [-0.2, -0.15) is 0 Å². The Bertz CT molecular complexity index is 373. The Labute approximate surface area is 103 Å². The van der Waals surface area contributed by atoms with Crippen molar-refractivity contribution < 1.29 is 0 Å². The fourth-order valence-corrected chi connectivity index (χ4v) is 3.45. The molecule has 1 N–H and O–H groups in total. The Hall–Kier alpha value is -0.470. The minimum atomic E-state index is 0.564. The lowest BCUT2D eigenvalue weighted by Gasteiger charge is -2.19. The van der Waals surface area contributed by atoms with E-state index in [1.807, 2.05) is 11.8 Å². The van der Waals surface area contributed by atoms with Crippen molar-refractivity contribution in [2.45, 2.75) is 44.6 Å². The monoisotopic (exact) mass is 235 g/mol. The van der Waals surface area contributed by atoms with Gasteiger partial charge in [0.2, 0.25) is 0 Å². The van der Waals surface area contributed by atoms with Crippen molar-refractivity contribution in [2.75, 3.05) is 12.3 Å². The first-order chi connectivity index (χ1) is 7.72. The molecule has 2 rings (SSSR count). The van der Waals surface area contributed by atoms with E-state index < -0.39 is 0 Å². The molecule has 0 spiro atoms. The maximum absolute atomic E-state index is 3.61. The largest absolute Gasteiger partial charge is 0.310 e. The van der Waals surface area contributed by atoms with Crippen LogP contribution < -0.4 is 5.32 Å². The molecular formula is C14H21NS. The molecule has 1 nitrogen and oxygen atoms in total. The summed E-state index contributed by atoms with van der Waals surface area (Å²) in [5.74, 6) is 1.26. The van der Waals surface area contributed by atoms with Gasteiger partial charge >= 0.3 is 0 Å². The van der Waals surface area contributed by atoms with Gasteiger partial charge in [-0.15, -0.1) is 11.8 Å². The van der Waals surface area contributed by atoms with Gasteiger partial charge in [-0.1, -0.05) is 13.0 Å². The van der Waals surface area contributed by atoms with Crippen LogP contribution in [0.2, 0.25) is 0 Å². The van der Waals surface area contributed by atoms with Crippen LogP contribution in [0.4, 0.5) is 0 Å². The SMILES string of the molecule is CCNC1CCCSc2cc(C)c(C)cc21. The molecule has 0 fully saturated rings. The van der Waals surface area contributed by atoms with Crippen LogP contribution >= 0.6 is 11.8 Å². The van der Waals surface area contributed by atoms with Crippen molar-refractivity contribution in [3.05, 3.63) is 28.8 Å². The molecule has 1 aliphatic rings. The van der Waals surface area contributed by atoms with E-state index in [4.69, 9.17) is 0 Å². The first-order valence-electron chi connectivity index (χ1n) is 6.19. The van der Waals surface area contributed by atoms with Crippen LogP contribution in [0, 0.1) is 13.8 Å². The van der Waals surface area contributed by atoms with Gasteiger partial charge in [-0.3, -0.25) is 0 Å². The highest BCUT2D eigenvalue weighted by Crippen LogP contribution is 2.36. The number of nitrogens with one attached hydrogen (secondary N) is 1. The van der Waals surface area contributed by atoms with Crippen molar-refractivity contribution in [3.63, 3.8) is 0 Å². The zero-order valence-electron chi connectivity index (χ0n) is 10.5. The predicted molar refractivity (Wildman–Crippen MR) is 72.3 cm³/mol. The summed E-state index contributed by atoms with van der Waals surface area (Å²) in [7, 11) is 0. The molecule has 0 radical (unpaired) electrons. The molecular weight excluding hydrogens is 214 g/mol. The van der Waals surface area contributed by atoms with Gasteiger partial charge in [-0.25, -0.2) is 0 Å². The molecule has 0 saturated heterocycles. The fourth-order valence-electron chi connectivity index (χ4n) is 2.29. The summed E-state index contributed by atoms with van der Waals surface area (Å²) in [6.45, 7) is 7.68. The Morgan fingerprint density at radius 1 is 1.31 bits per heavy atom. The summed E-state index contributed by atoms with van der Waals surface area (Å²) in [5, 5.41) is 3.61. The standard InChI is InChI=1S/C14H21NS/c1-4-15-13-6-5-7-16-14-9-11(3)10(2)8-12(13)14/h8-9,13,15H,4-7H2,1-3H3. The highest BCUT2D eigenvalue weighted by molar-refractivity contribution is 7.99. The third kappa shape index (κ3) is 2.44. The van der Waals surface area contributed by atoms with Crippen molar-refractivity contribution in [1.29, 1.82) is 0 Å². The minimum Gasteiger partial charge on any atom is -0.310 e. The van der Waals surface area contributed by atoms with Gasteiger partial charge in [0.1, 0.15) is 0 Å². The second-order valence-corrected chi connectivity index (χ2v) is 5.71. The molecule has 1 heterocycles. The molecule has 0 amide bonds. The maximum atomic E-state index is 3.61. The normalized spacial score (nSPS) is 20.3. The Kier molecular flexibility index (Phi) is 3.93. The van der Waals surface area contributed by atoms with E-state index in [1.54, 1.807) is 0 Å². The van der Waals surface area contributed by atoms with Crippen LogP contribution in [0.25, 0.3) is 0 Å². The molecule has 0 aromatic heterocycles. The van der Waals surface area contributed by atoms with E-state index in [0.717, 1.165) is 6.54 Å². The maximum Gasteiger partial charge on any atom is 0.0331 e. The lowest BCUT2D eigenvalue weighted by atomic mass is 9.98. The molecule has 1 unspecified atom stereocenters. The average Bonchev–Trinajstić information content (AvgIpc) is 2.44. The molecule has 0 bridgehead atoms. The number of thioether (sulfide) groups is 1. The van der Waals surface area contributed by atoms with E-state index in [-0.39, 0.29) is 0 Å². The van der Waals surface area contributed by atoms with E-state index in [0.29, 0.717) is 6.04 Å². The van der Waals surface area contributed by atoms with Gasteiger partial charge in [0.05, 0.1) is 0 Å². The van der Waals surface area contributed by atoms with Crippen LogP contribution in [0.5, 0.6) is 0 Å². The van der Waals surface area contributed by atoms with Crippen molar-refractivity contribution in [3.8, 4) is 0 Å². The van der Waals surface area contributed by atoms with Gasteiger partial charge in [0, 0.05) is 10.9 Å². The van der Waals surface area contributed by atoms with Gasteiger partial charge < -0.3 is 5.32 Å². The summed E-state index contributed by atoms with van der Waals surface area (Å²) in [5.41, 5.74) is 4.36. The highest BCUT2D eigenvalue weighted by atomic mass is 32.2. The average molecular weight is 235 g/mol. The highest BCUT2D eigenvalue weighted by Gasteiger charge is 2.18. The van der Waals surface area contributed by atoms with Crippen LogP contribution in [0.3, 0.4) is 0 Å². The lowest BCUT2D eigenvalue weighted by Crippen LogP contribution is -2.21. The van der Waals surface area contributed by atoms with E-state index >= 15 is 0 Å². The summed E-state index contributed by atoms with van der Waals surface area (Å²) >= 11 is 2.02. The Balaban J connectivity index is 2.39. The quantitative estimate of drug-likeness (QED) is 0.836. The Morgan fingerprint density at radius 2 is 2.06 bits per heavy atom. The fraction of sp³-hybridized carbons (Fsp3) is 0.571. The van der Waals surface area contributed by atoms with Crippen LogP contribution in [-0.2, 0) is 0 Å². The molecule has 1 aromatic carbocycles. The molecule has 88 valence electrons. The lowest BCUT2D eigenvalue weighted by molar-refractivity contribution is 0.508. The first-order valence-corrected chi connectivity index (χ1v) is 7.18. The molecule has 0 aliphatic carbocycles. The number of hydrogen-bond acceptors (Lipinski definition) is 2. The summed E-state index contributed by atoms with van der Waals surface area (Å²) < 4.78 is 0. The number of aryl methyl sites for hydroxylation is 2. The number of hydrogen-bond donors (Lipinski definition) is 1. The van der Waals surface area contributed by atoms with Crippen molar-refractivity contribution in [1.82, 2.24) is 5.32 Å². The molecule has 1 aliphatic heterocycles. The minimum absolute atomic E-state index is 0.564. The summed E-state index contributed by atoms with van der Waals surface area (Å²) in [6, 6.07) is 5.32. The zero-order valence-corrected chi connectivity index (χ0v) is 11.3. The topological polar surface area (TPSA) is 12.0 Å². The molecule has 1 aromatic rings. The molecule has 16 heavy (non-hydrogen) atoms. The van der Waals surface area contributed by atoms with Gasteiger partial charge in [-0.05, 0) is 61.7 Å². The van der Waals surface area contributed by atoms with E-state index in [1.165, 1.54) is 40.2 Å². The second kappa shape index (κ2) is 5.24. The van der Waals surface area contributed by atoms with E-state index in [9.17, 15) is 0 Å². The first kappa shape index (κ1) is 12.0. The van der Waals surface area contributed by atoms with Crippen LogP contribution in [0.15, 0.2) is 17.0 Å². The van der Waals surface area contributed by atoms with Gasteiger partial charge in [0.25, 0.3) is 0 Å². The summed E-state index contributed by atoms with van der Waals surface area (Å²) in [4.78, 5) is 1.49. The number of benzene rings is 1. The van der Waals surface area contributed by atoms with Crippen molar-refractivity contribution in [2.24, 2.45) is 0 Å². The zero-order chi connectivity index (χ0) is 11.5. The molecule has 0 saturated carbocycles. The second-order valence-electron chi connectivity index (χ2n) is 4.58. The van der Waals surface area contributed by atoms with Crippen LogP contribution in [-0.4, -0.2) is 12.3 Å². The van der Waals surface area contributed by atoms with Gasteiger partial charge in [0.15, 0.2) is 0 Å². The van der Waals surface area contributed by atoms with E-state index in [2.05, 4.69) is 38.2 Å². The smallest absolute Gasteiger partial charge is 0.0331 e. The third-order valence-corrected chi connectivity index (χ3v) is 4.50. The number of fused-ring (bicyclic) bond motifs is 1. The van der Waals surface area contributed by atoms with Crippen molar-refractivity contribution >= 4 is 11.8 Å². The summed E-state index contributed by atoms with van der Waals surface area (Å²) in [6.07, 6.45) is 2.59. The third-order valence-electron chi connectivity index (χ3n) is 3.35. The van der Waals surface area contributed by atoms with Crippen LogP contribution in [0.1, 0.15) is 42.5 Å². The molecule has 1 atom stereocenters. The molecule has 2 heteroatoms. The number of rotatable bonds is 2. The predicted octanol–water partition coefficient (Wildman–Crippen LogP) is 3.84.